The Hall–Kier alpha value is -2.16. The minimum Gasteiger partial charge on any atom is -0.356 e. The number of aromatic nitrogens is 1. The number of aliphatic imine (C=N–C) groups is 1. The zero-order chi connectivity index (χ0) is 18.4. The third kappa shape index (κ3) is 5.66. The number of halogens is 1. The van der Waals surface area contributed by atoms with Gasteiger partial charge in [-0.15, -0.1) is 24.0 Å². The molecule has 1 N–H and O–H groups in total. The maximum absolute atomic E-state index is 12.0. The van der Waals surface area contributed by atoms with Crippen LogP contribution in [0.4, 0.5) is 5.69 Å². The minimum absolute atomic E-state index is 0. The monoisotopic (exact) mass is 479 g/mol. The summed E-state index contributed by atoms with van der Waals surface area (Å²) in [5.41, 5.74) is 3.50. The Labute approximate surface area is 177 Å². The van der Waals surface area contributed by atoms with Crippen molar-refractivity contribution in [1.82, 2.24) is 15.2 Å². The molecule has 0 radical (unpaired) electrons. The number of rotatable bonds is 5. The molecule has 1 aliphatic heterocycles. The standard InChI is InChI=1S/C20H25N5O.HI/c1-24(2)19(26)15-23-20(22-13-10-17-8-5-6-12-21-17)25-14-11-16-7-3-4-9-18(16)25;/h3-9,12H,10-11,13-15H2,1-2H3,(H,22,23);1H. The number of likely N-dealkylation sites (N-methyl/N-ethyl adjacent to an activating group) is 1. The highest BCUT2D eigenvalue weighted by atomic mass is 127. The van der Waals surface area contributed by atoms with Crippen molar-refractivity contribution in [1.29, 1.82) is 0 Å². The summed E-state index contributed by atoms with van der Waals surface area (Å²) >= 11 is 0. The molecule has 2 aromatic rings. The van der Waals surface area contributed by atoms with Gasteiger partial charge in [0.05, 0.1) is 0 Å². The van der Waals surface area contributed by atoms with Crippen molar-refractivity contribution in [2.75, 3.05) is 38.6 Å². The van der Waals surface area contributed by atoms with E-state index in [4.69, 9.17) is 0 Å². The molecule has 1 amide bonds. The van der Waals surface area contributed by atoms with E-state index in [0.717, 1.165) is 36.7 Å². The normalized spacial score (nSPS) is 13.0. The van der Waals surface area contributed by atoms with Gasteiger partial charge >= 0.3 is 0 Å². The number of carbonyl (C=O) groups is 1. The Kier molecular flexibility index (Phi) is 8.02. The number of nitrogens with zero attached hydrogens (tertiary/aromatic N) is 4. The van der Waals surface area contributed by atoms with Gasteiger partial charge in [0.2, 0.25) is 5.91 Å². The molecule has 2 heterocycles. The van der Waals surface area contributed by atoms with E-state index in [1.165, 1.54) is 5.56 Å². The van der Waals surface area contributed by atoms with E-state index in [-0.39, 0.29) is 36.4 Å². The van der Waals surface area contributed by atoms with E-state index >= 15 is 0 Å². The van der Waals surface area contributed by atoms with E-state index < -0.39 is 0 Å². The van der Waals surface area contributed by atoms with Gasteiger partial charge in [-0.25, -0.2) is 4.99 Å². The van der Waals surface area contributed by atoms with Crippen LogP contribution in [0.5, 0.6) is 0 Å². The highest BCUT2D eigenvalue weighted by Crippen LogP contribution is 2.27. The number of anilines is 1. The number of para-hydroxylation sites is 1. The van der Waals surface area contributed by atoms with Crippen LogP contribution in [0.2, 0.25) is 0 Å². The predicted molar refractivity (Wildman–Crippen MR) is 120 cm³/mol. The summed E-state index contributed by atoms with van der Waals surface area (Å²) in [4.78, 5) is 24.6. The van der Waals surface area contributed by atoms with Gasteiger partial charge in [0.1, 0.15) is 6.54 Å². The van der Waals surface area contributed by atoms with Crippen molar-refractivity contribution in [3.8, 4) is 0 Å². The lowest BCUT2D eigenvalue weighted by Gasteiger charge is -2.23. The molecule has 1 aromatic heterocycles. The first-order valence-corrected chi connectivity index (χ1v) is 8.89. The summed E-state index contributed by atoms with van der Waals surface area (Å²) in [6.07, 6.45) is 3.59. The van der Waals surface area contributed by atoms with Gasteiger partial charge in [0, 0.05) is 51.2 Å². The zero-order valence-electron chi connectivity index (χ0n) is 15.8. The van der Waals surface area contributed by atoms with Crippen molar-refractivity contribution >= 4 is 41.5 Å². The quantitative estimate of drug-likeness (QED) is 0.407. The van der Waals surface area contributed by atoms with Gasteiger partial charge in [-0.3, -0.25) is 9.78 Å². The van der Waals surface area contributed by atoms with E-state index in [1.54, 1.807) is 25.2 Å². The van der Waals surface area contributed by atoms with Crippen LogP contribution in [-0.4, -0.2) is 55.5 Å². The fraction of sp³-hybridized carbons (Fsp3) is 0.350. The first-order chi connectivity index (χ1) is 12.6. The van der Waals surface area contributed by atoms with Gasteiger partial charge < -0.3 is 15.1 Å². The average Bonchev–Trinajstić information content (AvgIpc) is 3.09. The van der Waals surface area contributed by atoms with Crippen molar-refractivity contribution in [3.63, 3.8) is 0 Å². The van der Waals surface area contributed by atoms with Gasteiger partial charge in [0.25, 0.3) is 0 Å². The lowest BCUT2D eigenvalue weighted by molar-refractivity contribution is -0.127. The summed E-state index contributed by atoms with van der Waals surface area (Å²) in [5, 5.41) is 3.41. The fourth-order valence-corrected chi connectivity index (χ4v) is 2.93. The molecule has 0 atom stereocenters. The van der Waals surface area contributed by atoms with Crippen molar-refractivity contribution < 1.29 is 4.79 Å². The molecule has 0 fully saturated rings. The Bertz CT molecular complexity index is 779. The van der Waals surface area contributed by atoms with E-state index in [2.05, 4.69) is 38.4 Å². The van der Waals surface area contributed by atoms with Crippen LogP contribution < -0.4 is 10.2 Å². The third-order valence-electron chi connectivity index (χ3n) is 4.40. The number of hydrogen-bond donors (Lipinski definition) is 1. The first kappa shape index (κ1) is 21.1. The highest BCUT2D eigenvalue weighted by Gasteiger charge is 2.22. The predicted octanol–water partition coefficient (Wildman–Crippen LogP) is 2.34. The molecule has 0 bridgehead atoms. The smallest absolute Gasteiger partial charge is 0.243 e. The number of hydrogen-bond acceptors (Lipinski definition) is 3. The molecule has 27 heavy (non-hydrogen) atoms. The molecule has 0 aliphatic carbocycles. The van der Waals surface area contributed by atoms with Crippen LogP contribution in [-0.2, 0) is 17.6 Å². The SMILES string of the molecule is CN(C)C(=O)CN=C(NCCc1ccccn1)N1CCc2ccccc21.I. The molecule has 6 nitrogen and oxygen atoms in total. The van der Waals surface area contributed by atoms with E-state index in [0.29, 0.717) is 6.54 Å². The van der Waals surface area contributed by atoms with Crippen LogP contribution in [0.1, 0.15) is 11.3 Å². The van der Waals surface area contributed by atoms with Crippen LogP contribution in [0, 0.1) is 0 Å². The number of pyridine rings is 1. The zero-order valence-corrected chi connectivity index (χ0v) is 18.1. The summed E-state index contributed by atoms with van der Waals surface area (Å²) < 4.78 is 0. The first-order valence-electron chi connectivity index (χ1n) is 8.89. The van der Waals surface area contributed by atoms with E-state index in [9.17, 15) is 4.79 Å². The minimum atomic E-state index is -0.0125. The van der Waals surface area contributed by atoms with Gasteiger partial charge in [-0.1, -0.05) is 24.3 Å². The molecule has 144 valence electrons. The van der Waals surface area contributed by atoms with Gasteiger partial charge in [0.15, 0.2) is 5.96 Å². The van der Waals surface area contributed by atoms with Crippen LogP contribution in [0.15, 0.2) is 53.7 Å². The molecule has 1 aliphatic rings. The molecule has 3 rings (SSSR count). The Morgan fingerprint density at radius 2 is 2.00 bits per heavy atom. The van der Waals surface area contributed by atoms with Gasteiger partial charge in [-0.05, 0) is 30.2 Å². The molecule has 1 aromatic carbocycles. The second-order valence-corrected chi connectivity index (χ2v) is 6.46. The molecule has 0 saturated carbocycles. The number of carbonyl (C=O) groups excluding carboxylic acids is 1. The fourth-order valence-electron chi connectivity index (χ4n) is 2.93. The number of nitrogens with one attached hydrogen (secondary N) is 1. The molecule has 0 spiro atoms. The van der Waals surface area contributed by atoms with Crippen LogP contribution >= 0.6 is 24.0 Å². The summed E-state index contributed by atoms with van der Waals surface area (Å²) in [6.45, 7) is 1.72. The molecular weight excluding hydrogens is 453 g/mol. The highest BCUT2D eigenvalue weighted by molar-refractivity contribution is 14.0. The lowest BCUT2D eigenvalue weighted by Crippen LogP contribution is -2.42. The number of guanidine groups is 1. The third-order valence-corrected chi connectivity index (χ3v) is 4.40. The Balaban J connectivity index is 0.00000261. The molecule has 0 unspecified atom stereocenters. The second-order valence-electron chi connectivity index (χ2n) is 6.46. The van der Waals surface area contributed by atoms with Crippen LogP contribution in [0.25, 0.3) is 0 Å². The summed E-state index contributed by atoms with van der Waals surface area (Å²) in [5.74, 6) is 0.739. The summed E-state index contributed by atoms with van der Waals surface area (Å²) in [6, 6.07) is 14.3. The van der Waals surface area contributed by atoms with Crippen molar-refractivity contribution in [3.05, 3.63) is 59.9 Å². The van der Waals surface area contributed by atoms with Gasteiger partial charge in [-0.2, -0.15) is 0 Å². The number of amides is 1. The summed E-state index contributed by atoms with van der Waals surface area (Å²) in [7, 11) is 3.49. The Morgan fingerprint density at radius 3 is 2.74 bits per heavy atom. The van der Waals surface area contributed by atoms with Crippen LogP contribution in [0.3, 0.4) is 0 Å². The average molecular weight is 479 g/mol. The molecule has 7 heteroatoms. The van der Waals surface area contributed by atoms with Crippen molar-refractivity contribution in [2.45, 2.75) is 12.8 Å². The molecular formula is C20H26IN5O. The topological polar surface area (TPSA) is 60.8 Å². The number of benzene rings is 1. The lowest BCUT2D eigenvalue weighted by atomic mass is 10.2. The van der Waals surface area contributed by atoms with Crippen molar-refractivity contribution in [2.24, 2.45) is 4.99 Å². The van der Waals surface area contributed by atoms with E-state index in [1.807, 2.05) is 24.3 Å². The maximum atomic E-state index is 12.0. The largest absolute Gasteiger partial charge is 0.356 e. The Morgan fingerprint density at radius 1 is 1.22 bits per heavy atom. The maximum Gasteiger partial charge on any atom is 0.243 e. The second kappa shape index (κ2) is 10.2. The number of fused-ring (bicyclic) bond motifs is 1. The molecule has 0 saturated heterocycles.